The molecule has 0 bridgehead atoms. The van der Waals surface area contributed by atoms with Gasteiger partial charge < -0.3 is 20.1 Å². The highest BCUT2D eigenvalue weighted by molar-refractivity contribution is 5.89. The number of amides is 2. The van der Waals surface area contributed by atoms with Crippen LogP contribution in [0.3, 0.4) is 0 Å². The SMILES string of the molecule is C=CCN(CC(=O)O)C(=O)C(NC(=O)OCC1c2ccccc2-c2ccccc21)c1ccccc1. The summed E-state index contributed by atoms with van der Waals surface area (Å²) in [5.74, 6) is -1.84. The minimum atomic E-state index is -1.16. The van der Waals surface area contributed by atoms with Crippen LogP contribution in [0.1, 0.15) is 28.7 Å². The fourth-order valence-electron chi connectivity index (χ4n) is 4.43. The molecule has 0 aliphatic heterocycles. The number of alkyl carbamates (subject to hydrolysis) is 1. The summed E-state index contributed by atoms with van der Waals surface area (Å²) in [6.07, 6.45) is 0.680. The zero-order valence-corrected chi connectivity index (χ0v) is 19.1. The summed E-state index contributed by atoms with van der Waals surface area (Å²) in [6, 6.07) is 23.6. The van der Waals surface area contributed by atoms with E-state index in [1.807, 2.05) is 36.4 Å². The van der Waals surface area contributed by atoms with E-state index in [0.717, 1.165) is 27.2 Å². The lowest BCUT2D eigenvalue weighted by atomic mass is 9.98. The molecule has 2 amide bonds. The third-order valence-corrected chi connectivity index (χ3v) is 5.97. The Kier molecular flexibility index (Phi) is 7.26. The maximum absolute atomic E-state index is 13.2. The normalized spacial score (nSPS) is 12.7. The molecule has 1 aliphatic rings. The fourth-order valence-corrected chi connectivity index (χ4v) is 4.43. The lowest BCUT2D eigenvalue weighted by molar-refractivity contribution is -0.144. The Hall–Kier alpha value is -4.39. The van der Waals surface area contributed by atoms with Crippen molar-refractivity contribution in [3.63, 3.8) is 0 Å². The largest absolute Gasteiger partial charge is 0.480 e. The van der Waals surface area contributed by atoms with E-state index in [9.17, 15) is 19.5 Å². The van der Waals surface area contributed by atoms with Crippen molar-refractivity contribution in [2.24, 2.45) is 0 Å². The number of carboxylic acid groups (broad SMARTS) is 1. The molecule has 2 N–H and O–H groups in total. The summed E-state index contributed by atoms with van der Waals surface area (Å²) in [7, 11) is 0. The molecule has 0 fully saturated rings. The third-order valence-electron chi connectivity index (χ3n) is 5.97. The molecule has 0 radical (unpaired) electrons. The van der Waals surface area contributed by atoms with Gasteiger partial charge in [-0.3, -0.25) is 9.59 Å². The number of carbonyl (C=O) groups excluding carboxylic acids is 2. The number of nitrogens with one attached hydrogen (secondary N) is 1. The zero-order valence-electron chi connectivity index (χ0n) is 19.1. The summed E-state index contributed by atoms with van der Waals surface area (Å²) >= 11 is 0. The summed E-state index contributed by atoms with van der Waals surface area (Å²) in [4.78, 5) is 38.5. The van der Waals surface area contributed by atoms with Crippen LogP contribution in [0.4, 0.5) is 4.79 Å². The van der Waals surface area contributed by atoms with E-state index in [-0.39, 0.29) is 19.1 Å². The second kappa shape index (κ2) is 10.7. The average molecular weight is 471 g/mol. The Bertz CT molecular complexity index is 1200. The lowest BCUT2D eigenvalue weighted by Crippen LogP contribution is -2.45. The lowest BCUT2D eigenvalue weighted by Gasteiger charge is -2.26. The summed E-state index contributed by atoms with van der Waals surface area (Å²) in [6.45, 7) is 3.21. The molecule has 178 valence electrons. The van der Waals surface area contributed by atoms with Gasteiger partial charge in [0.1, 0.15) is 19.2 Å². The van der Waals surface area contributed by atoms with Crippen LogP contribution in [0.25, 0.3) is 11.1 Å². The van der Waals surface area contributed by atoms with Crippen LogP contribution in [-0.2, 0) is 14.3 Å². The second-order valence-electron chi connectivity index (χ2n) is 8.21. The number of nitrogens with zero attached hydrogens (tertiary/aromatic N) is 1. The highest BCUT2D eigenvalue weighted by Gasteiger charge is 2.31. The molecule has 0 saturated heterocycles. The molecule has 3 aromatic rings. The molecule has 4 rings (SSSR count). The molecule has 35 heavy (non-hydrogen) atoms. The first-order valence-corrected chi connectivity index (χ1v) is 11.3. The number of carboxylic acids is 1. The number of carbonyl (C=O) groups is 3. The first kappa shape index (κ1) is 23.8. The van der Waals surface area contributed by atoms with E-state index >= 15 is 0 Å². The van der Waals surface area contributed by atoms with Crippen molar-refractivity contribution in [3.05, 3.63) is 108 Å². The topological polar surface area (TPSA) is 95.9 Å². The van der Waals surface area contributed by atoms with Gasteiger partial charge in [-0.05, 0) is 27.8 Å². The predicted octanol–water partition coefficient (Wildman–Crippen LogP) is 4.37. The molecule has 1 atom stereocenters. The average Bonchev–Trinajstić information content (AvgIpc) is 3.19. The molecule has 0 aromatic heterocycles. The van der Waals surface area contributed by atoms with Crippen molar-refractivity contribution in [1.82, 2.24) is 10.2 Å². The van der Waals surface area contributed by atoms with Crippen molar-refractivity contribution in [3.8, 4) is 11.1 Å². The molecule has 1 unspecified atom stereocenters. The summed E-state index contributed by atoms with van der Waals surface area (Å²) in [5.41, 5.74) is 4.91. The highest BCUT2D eigenvalue weighted by atomic mass is 16.5. The number of ether oxygens (including phenoxy) is 1. The van der Waals surface area contributed by atoms with Gasteiger partial charge in [-0.25, -0.2) is 4.79 Å². The molecular weight excluding hydrogens is 444 g/mol. The predicted molar refractivity (Wildman–Crippen MR) is 132 cm³/mol. The van der Waals surface area contributed by atoms with Gasteiger partial charge in [-0.1, -0.05) is 84.9 Å². The molecular formula is C28H26N2O5. The van der Waals surface area contributed by atoms with Gasteiger partial charge in [0.25, 0.3) is 5.91 Å². The Morgan fingerprint density at radius 3 is 2.09 bits per heavy atom. The minimum absolute atomic E-state index is 0.0286. The van der Waals surface area contributed by atoms with Crippen LogP contribution < -0.4 is 5.32 Å². The van der Waals surface area contributed by atoms with Gasteiger partial charge in [-0.2, -0.15) is 0 Å². The molecule has 7 nitrogen and oxygen atoms in total. The van der Waals surface area contributed by atoms with Crippen LogP contribution in [0.15, 0.2) is 91.5 Å². The van der Waals surface area contributed by atoms with Gasteiger partial charge in [0.15, 0.2) is 0 Å². The van der Waals surface area contributed by atoms with E-state index in [4.69, 9.17) is 4.74 Å². The highest BCUT2D eigenvalue weighted by Crippen LogP contribution is 2.44. The van der Waals surface area contributed by atoms with Crippen LogP contribution >= 0.6 is 0 Å². The number of aliphatic carboxylic acids is 1. The van der Waals surface area contributed by atoms with Crippen molar-refractivity contribution >= 4 is 18.0 Å². The summed E-state index contributed by atoms with van der Waals surface area (Å²) in [5, 5.41) is 11.9. The minimum Gasteiger partial charge on any atom is -0.480 e. The fraction of sp³-hybridized carbons (Fsp3) is 0.179. The third kappa shape index (κ3) is 5.24. The maximum Gasteiger partial charge on any atom is 0.408 e. The monoisotopic (exact) mass is 470 g/mol. The van der Waals surface area contributed by atoms with Gasteiger partial charge in [0.2, 0.25) is 0 Å². The number of fused-ring (bicyclic) bond motifs is 3. The number of hydrogen-bond acceptors (Lipinski definition) is 4. The van der Waals surface area contributed by atoms with Crippen LogP contribution in [0.2, 0.25) is 0 Å². The molecule has 0 spiro atoms. The van der Waals surface area contributed by atoms with E-state index < -0.39 is 30.6 Å². The Morgan fingerprint density at radius 1 is 0.943 bits per heavy atom. The van der Waals surface area contributed by atoms with Crippen LogP contribution in [0, 0.1) is 0 Å². The van der Waals surface area contributed by atoms with Gasteiger partial charge in [0.05, 0.1) is 0 Å². The van der Waals surface area contributed by atoms with Gasteiger partial charge >= 0.3 is 12.1 Å². The van der Waals surface area contributed by atoms with Crippen LogP contribution in [0.5, 0.6) is 0 Å². The zero-order chi connectivity index (χ0) is 24.8. The standard InChI is InChI=1S/C28H26N2O5/c1-2-16-30(17-25(31)32)27(33)26(19-10-4-3-5-11-19)29-28(34)35-18-24-22-14-8-6-12-20(22)21-13-7-9-15-23(21)24/h2-15,24,26H,1,16-18H2,(H,29,34)(H,31,32). The van der Waals surface area contributed by atoms with Crippen molar-refractivity contribution in [1.29, 1.82) is 0 Å². The second-order valence-corrected chi connectivity index (χ2v) is 8.21. The van der Waals surface area contributed by atoms with Crippen molar-refractivity contribution in [2.45, 2.75) is 12.0 Å². The molecule has 7 heteroatoms. The van der Waals surface area contributed by atoms with E-state index in [1.165, 1.54) is 6.08 Å². The smallest absolute Gasteiger partial charge is 0.408 e. The molecule has 1 aliphatic carbocycles. The maximum atomic E-state index is 13.2. The van der Waals surface area contributed by atoms with E-state index in [2.05, 4.69) is 24.0 Å². The van der Waals surface area contributed by atoms with Gasteiger partial charge in [-0.15, -0.1) is 6.58 Å². The summed E-state index contributed by atoms with van der Waals surface area (Å²) < 4.78 is 5.61. The Labute approximate surface area is 203 Å². The quantitative estimate of drug-likeness (QED) is 0.453. The number of hydrogen-bond donors (Lipinski definition) is 2. The number of rotatable bonds is 9. The number of benzene rings is 3. The van der Waals surface area contributed by atoms with Crippen LogP contribution in [-0.4, -0.2) is 47.7 Å². The van der Waals surface area contributed by atoms with Crippen molar-refractivity contribution < 1.29 is 24.2 Å². The molecule has 3 aromatic carbocycles. The van der Waals surface area contributed by atoms with E-state index in [0.29, 0.717) is 5.56 Å². The Morgan fingerprint density at radius 2 is 1.51 bits per heavy atom. The first-order valence-electron chi connectivity index (χ1n) is 11.3. The van der Waals surface area contributed by atoms with E-state index in [1.54, 1.807) is 30.3 Å². The molecule has 0 heterocycles. The van der Waals surface area contributed by atoms with Crippen molar-refractivity contribution in [2.75, 3.05) is 19.7 Å². The molecule has 0 saturated carbocycles. The Balaban J connectivity index is 1.52. The first-order chi connectivity index (χ1) is 17.0. The van der Waals surface area contributed by atoms with Gasteiger partial charge in [0, 0.05) is 12.5 Å².